The Morgan fingerprint density at radius 3 is 2.52 bits per heavy atom. The maximum Gasteiger partial charge on any atom is 0.326 e. The number of aryl methyl sites for hydroxylation is 1. The molecule has 110 valence electrons. The summed E-state index contributed by atoms with van der Waals surface area (Å²) in [4.78, 5) is 23.6. The Bertz CT molecular complexity index is 627. The zero-order chi connectivity index (χ0) is 15.2. The van der Waals surface area contributed by atoms with Crippen LogP contribution >= 0.6 is 22.9 Å². The summed E-state index contributed by atoms with van der Waals surface area (Å²) in [6.07, 6.45) is 0.907. The molecule has 1 heterocycles. The fourth-order valence-corrected chi connectivity index (χ4v) is 2.94. The SMILES string of the molecule is O=C(NC(CCc1ccccc1)C(=O)O)c1sccc1Cl. The van der Waals surface area contributed by atoms with Crippen LogP contribution in [0, 0.1) is 0 Å². The van der Waals surface area contributed by atoms with Gasteiger partial charge in [0.1, 0.15) is 10.9 Å². The van der Waals surface area contributed by atoms with Crippen LogP contribution in [0.15, 0.2) is 41.8 Å². The van der Waals surface area contributed by atoms with E-state index in [1.54, 1.807) is 11.4 Å². The minimum absolute atomic E-state index is 0.327. The number of carbonyl (C=O) groups is 2. The van der Waals surface area contributed by atoms with E-state index >= 15 is 0 Å². The van der Waals surface area contributed by atoms with Crippen LogP contribution in [-0.4, -0.2) is 23.0 Å². The molecule has 2 N–H and O–H groups in total. The smallest absolute Gasteiger partial charge is 0.326 e. The second-order valence-electron chi connectivity index (χ2n) is 4.49. The van der Waals surface area contributed by atoms with Crippen molar-refractivity contribution in [1.82, 2.24) is 5.32 Å². The monoisotopic (exact) mass is 323 g/mol. The molecule has 1 unspecified atom stereocenters. The quantitative estimate of drug-likeness (QED) is 0.857. The zero-order valence-electron chi connectivity index (χ0n) is 11.1. The number of hydrogen-bond acceptors (Lipinski definition) is 3. The van der Waals surface area contributed by atoms with Crippen molar-refractivity contribution in [2.45, 2.75) is 18.9 Å². The molecule has 2 rings (SSSR count). The Morgan fingerprint density at radius 2 is 1.95 bits per heavy atom. The van der Waals surface area contributed by atoms with Crippen LogP contribution in [0.2, 0.25) is 5.02 Å². The van der Waals surface area contributed by atoms with Crippen LogP contribution < -0.4 is 5.32 Å². The molecule has 1 amide bonds. The third-order valence-corrected chi connectivity index (χ3v) is 4.33. The average molecular weight is 324 g/mol. The summed E-state index contributed by atoms with van der Waals surface area (Å²) in [5, 5.41) is 13.8. The van der Waals surface area contributed by atoms with E-state index in [0.717, 1.165) is 5.56 Å². The van der Waals surface area contributed by atoms with E-state index in [1.165, 1.54) is 11.3 Å². The van der Waals surface area contributed by atoms with Crippen LogP contribution in [0.3, 0.4) is 0 Å². The van der Waals surface area contributed by atoms with Gasteiger partial charge in [-0.1, -0.05) is 41.9 Å². The lowest BCUT2D eigenvalue weighted by atomic mass is 10.1. The fourth-order valence-electron chi connectivity index (χ4n) is 1.89. The number of halogens is 1. The second-order valence-corrected chi connectivity index (χ2v) is 5.81. The molecule has 0 saturated heterocycles. The van der Waals surface area contributed by atoms with Gasteiger partial charge >= 0.3 is 5.97 Å². The number of carboxylic acid groups (broad SMARTS) is 1. The highest BCUT2D eigenvalue weighted by Gasteiger charge is 2.22. The van der Waals surface area contributed by atoms with Crippen LogP contribution in [0.5, 0.6) is 0 Å². The van der Waals surface area contributed by atoms with Crippen molar-refractivity contribution in [3.05, 3.63) is 57.2 Å². The highest BCUT2D eigenvalue weighted by atomic mass is 35.5. The van der Waals surface area contributed by atoms with Crippen molar-refractivity contribution in [3.8, 4) is 0 Å². The van der Waals surface area contributed by atoms with E-state index in [9.17, 15) is 14.7 Å². The number of nitrogens with one attached hydrogen (secondary N) is 1. The molecule has 0 aliphatic rings. The van der Waals surface area contributed by atoms with Gasteiger partial charge in [0, 0.05) is 0 Å². The van der Waals surface area contributed by atoms with Gasteiger partial charge < -0.3 is 10.4 Å². The summed E-state index contributed by atoms with van der Waals surface area (Å²) in [6, 6.07) is 10.2. The lowest BCUT2D eigenvalue weighted by Gasteiger charge is -2.14. The third kappa shape index (κ3) is 4.31. The van der Waals surface area contributed by atoms with Gasteiger partial charge in [-0.3, -0.25) is 4.79 Å². The summed E-state index contributed by atoms with van der Waals surface area (Å²) in [6.45, 7) is 0. The molecule has 0 radical (unpaired) electrons. The maximum atomic E-state index is 12.0. The molecule has 2 aromatic rings. The highest BCUT2D eigenvalue weighted by molar-refractivity contribution is 7.12. The summed E-state index contributed by atoms with van der Waals surface area (Å²) in [5.74, 6) is -1.50. The second kappa shape index (κ2) is 7.24. The topological polar surface area (TPSA) is 66.4 Å². The fraction of sp³-hybridized carbons (Fsp3) is 0.200. The van der Waals surface area contributed by atoms with Gasteiger partial charge in [-0.05, 0) is 29.9 Å². The van der Waals surface area contributed by atoms with Gasteiger partial charge in [0.15, 0.2) is 0 Å². The van der Waals surface area contributed by atoms with E-state index in [1.807, 2.05) is 30.3 Å². The number of benzene rings is 1. The van der Waals surface area contributed by atoms with Crippen LogP contribution in [0.1, 0.15) is 21.7 Å². The third-order valence-electron chi connectivity index (χ3n) is 2.99. The van der Waals surface area contributed by atoms with Gasteiger partial charge in [0.25, 0.3) is 5.91 Å². The molecular weight excluding hydrogens is 310 g/mol. The molecule has 0 aliphatic carbocycles. The van der Waals surface area contributed by atoms with E-state index in [0.29, 0.717) is 22.7 Å². The van der Waals surface area contributed by atoms with E-state index in [2.05, 4.69) is 5.32 Å². The number of aliphatic carboxylic acids is 1. The Kier molecular flexibility index (Phi) is 5.36. The van der Waals surface area contributed by atoms with Gasteiger partial charge in [-0.25, -0.2) is 4.79 Å². The molecule has 1 aromatic heterocycles. The molecule has 0 spiro atoms. The minimum Gasteiger partial charge on any atom is -0.480 e. The molecule has 4 nitrogen and oxygen atoms in total. The van der Waals surface area contributed by atoms with Gasteiger partial charge in [0.05, 0.1) is 5.02 Å². The molecule has 21 heavy (non-hydrogen) atoms. The summed E-state index contributed by atoms with van der Waals surface area (Å²) in [7, 11) is 0. The standard InChI is InChI=1S/C15H14ClNO3S/c16-11-8-9-21-13(11)14(18)17-12(15(19)20)7-6-10-4-2-1-3-5-10/h1-5,8-9,12H,6-7H2,(H,17,18)(H,19,20). The first-order chi connectivity index (χ1) is 10.1. The average Bonchev–Trinajstić information content (AvgIpc) is 2.90. The summed E-state index contributed by atoms with van der Waals surface area (Å²) in [5.41, 5.74) is 1.03. The molecule has 0 saturated carbocycles. The van der Waals surface area contributed by atoms with Crippen molar-refractivity contribution in [2.75, 3.05) is 0 Å². The normalized spacial score (nSPS) is 11.9. The Morgan fingerprint density at radius 1 is 1.24 bits per heavy atom. The van der Waals surface area contributed by atoms with Crippen molar-refractivity contribution in [2.24, 2.45) is 0 Å². The predicted molar refractivity (Wildman–Crippen MR) is 83.0 cm³/mol. The Balaban J connectivity index is 1.98. The van der Waals surface area contributed by atoms with Gasteiger partial charge in [-0.2, -0.15) is 0 Å². The zero-order valence-corrected chi connectivity index (χ0v) is 12.7. The van der Waals surface area contributed by atoms with E-state index < -0.39 is 17.9 Å². The number of carbonyl (C=O) groups excluding carboxylic acids is 1. The lowest BCUT2D eigenvalue weighted by Crippen LogP contribution is -2.40. The number of hydrogen-bond donors (Lipinski definition) is 2. The molecule has 6 heteroatoms. The maximum absolute atomic E-state index is 12.0. The number of thiophene rings is 1. The van der Waals surface area contributed by atoms with Crippen LogP contribution in [-0.2, 0) is 11.2 Å². The molecule has 1 atom stereocenters. The number of amides is 1. The Hall–Kier alpha value is -1.85. The van der Waals surface area contributed by atoms with Crippen molar-refractivity contribution >= 4 is 34.8 Å². The van der Waals surface area contributed by atoms with Crippen LogP contribution in [0.25, 0.3) is 0 Å². The van der Waals surface area contributed by atoms with Crippen molar-refractivity contribution in [1.29, 1.82) is 0 Å². The van der Waals surface area contributed by atoms with E-state index in [-0.39, 0.29) is 0 Å². The first-order valence-corrected chi connectivity index (χ1v) is 7.64. The molecule has 0 fully saturated rings. The predicted octanol–water partition coefficient (Wildman–Crippen LogP) is 3.22. The van der Waals surface area contributed by atoms with Gasteiger partial charge in [0.2, 0.25) is 0 Å². The largest absolute Gasteiger partial charge is 0.480 e. The Labute approximate surface area is 131 Å². The lowest BCUT2D eigenvalue weighted by molar-refractivity contribution is -0.139. The minimum atomic E-state index is -1.05. The first kappa shape index (κ1) is 15.5. The van der Waals surface area contributed by atoms with E-state index in [4.69, 9.17) is 11.6 Å². The molecule has 1 aromatic carbocycles. The first-order valence-electron chi connectivity index (χ1n) is 6.38. The summed E-state index contributed by atoms with van der Waals surface area (Å²) < 4.78 is 0. The van der Waals surface area contributed by atoms with Crippen molar-refractivity contribution < 1.29 is 14.7 Å². The number of carboxylic acids is 1. The highest BCUT2D eigenvalue weighted by Crippen LogP contribution is 2.22. The molecular formula is C15H14ClNO3S. The van der Waals surface area contributed by atoms with Crippen LogP contribution in [0.4, 0.5) is 0 Å². The van der Waals surface area contributed by atoms with Crippen molar-refractivity contribution in [3.63, 3.8) is 0 Å². The molecule has 0 aliphatic heterocycles. The summed E-state index contributed by atoms with van der Waals surface area (Å²) >= 11 is 7.06. The number of rotatable bonds is 6. The molecule has 0 bridgehead atoms. The van der Waals surface area contributed by atoms with Gasteiger partial charge in [-0.15, -0.1) is 11.3 Å².